The molecule has 3 rings (SSSR count). The van der Waals surface area contributed by atoms with Gasteiger partial charge in [0.25, 0.3) is 0 Å². The van der Waals surface area contributed by atoms with Crippen molar-refractivity contribution in [1.29, 1.82) is 0 Å². The average Bonchev–Trinajstić information content (AvgIpc) is 2.98. The van der Waals surface area contributed by atoms with Crippen LogP contribution in [-0.4, -0.2) is 86.7 Å². The lowest BCUT2D eigenvalue weighted by Crippen LogP contribution is -2.64. The van der Waals surface area contributed by atoms with Crippen LogP contribution in [0.2, 0.25) is 0 Å². The highest BCUT2D eigenvalue weighted by molar-refractivity contribution is 5.90. The number of benzene rings is 2. The predicted molar refractivity (Wildman–Crippen MR) is 157 cm³/mol. The van der Waals surface area contributed by atoms with Crippen LogP contribution in [0.25, 0.3) is 0 Å². The summed E-state index contributed by atoms with van der Waals surface area (Å²) in [5.41, 5.74) is 0.568. The van der Waals surface area contributed by atoms with Crippen molar-refractivity contribution in [2.45, 2.75) is 64.4 Å². The first-order chi connectivity index (χ1) is 20.4. The van der Waals surface area contributed by atoms with E-state index in [9.17, 15) is 19.2 Å². The second-order valence-corrected chi connectivity index (χ2v) is 11.0. The van der Waals surface area contributed by atoms with E-state index in [1.165, 1.54) is 26.2 Å². The molecule has 0 aromatic heterocycles. The summed E-state index contributed by atoms with van der Waals surface area (Å²) in [6.45, 7) is 5.36. The van der Waals surface area contributed by atoms with E-state index in [1.807, 2.05) is 0 Å². The van der Waals surface area contributed by atoms with Crippen LogP contribution in [0.3, 0.4) is 0 Å². The molecule has 0 unspecified atom stereocenters. The fourth-order valence-corrected chi connectivity index (χ4v) is 4.79. The molecule has 0 radical (unpaired) electrons. The number of aldehydes is 1. The van der Waals surface area contributed by atoms with Gasteiger partial charge in [0, 0.05) is 49.3 Å². The van der Waals surface area contributed by atoms with Crippen LogP contribution in [0.1, 0.15) is 44.7 Å². The molecule has 234 valence electrons. The van der Waals surface area contributed by atoms with Crippen molar-refractivity contribution < 1.29 is 42.9 Å². The van der Waals surface area contributed by atoms with Gasteiger partial charge < -0.3 is 38.7 Å². The Morgan fingerprint density at radius 3 is 2.05 bits per heavy atom. The van der Waals surface area contributed by atoms with Gasteiger partial charge in [-0.25, -0.2) is 4.79 Å². The van der Waals surface area contributed by atoms with Gasteiger partial charge in [-0.15, -0.1) is 0 Å². The number of hydrogen-bond acceptors (Lipinski definition) is 9. The summed E-state index contributed by atoms with van der Waals surface area (Å²) in [6, 6.07) is 8.40. The molecule has 43 heavy (non-hydrogen) atoms. The largest absolute Gasteiger partial charge is 0.497 e. The Hall–Kier alpha value is -4.48. The summed E-state index contributed by atoms with van der Waals surface area (Å²) in [6.07, 6.45) is -0.283. The quantitative estimate of drug-likeness (QED) is 0.365. The summed E-state index contributed by atoms with van der Waals surface area (Å²) < 4.78 is 26.9. The molecular formula is C31H41N3O9. The first-order valence-electron chi connectivity index (χ1n) is 13.9. The molecule has 1 heterocycles. The van der Waals surface area contributed by atoms with Crippen LogP contribution in [0.5, 0.6) is 23.0 Å². The number of nitrogens with zero attached hydrogens (tertiary/aromatic N) is 2. The Bertz CT molecular complexity index is 1310. The number of ether oxygens (including phenoxy) is 5. The van der Waals surface area contributed by atoms with Gasteiger partial charge in [-0.05, 0) is 51.5 Å². The zero-order valence-corrected chi connectivity index (χ0v) is 25.8. The minimum atomic E-state index is -1.11. The fraction of sp³-hybridized carbons (Fsp3) is 0.484. The van der Waals surface area contributed by atoms with Gasteiger partial charge in [-0.2, -0.15) is 0 Å². The molecule has 2 aromatic carbocycles. The van der Waals surface area contributed by atoms with Gasteiger partial charge in [0.2, 0.25) is 11.8 Å². The molecule has 0 spiro atoms. The van der Waals surface area contributed by atoms with E-state index in [2.05, 4.69) is 5.32 Å². The van der Waals surface area contributed by atoms with Crippen molar-refractivity contribution >= 4 is 24.2 Å². The molecule has 0 saturated carbocycles. The van der Waals surface area contributed by atoms with Gasteiger partial charge in [-0.1, -0.05) is 0 Å². The Labute approximate surface area is 252 Å². The lowest BCUT2D eigenvalue weighted by Gasteiger charge is -2.44. The average molecular weight is 600 g/mol. The smallest absolute Gasteiger partial charge is 0.411 e. The number of nitrogens with one attached hydrogen (secondary N) is 1. The molecule has 1 aliphatic heterocycles. The monoisotopic (exact) mass is 599 g/mol. The van der Waals surface area contributed by atoms with E-state index in [0.717, 1.165) is 10.5 Å². The number of hydrogen-bond donors (Lipinski definition) is 1. The van der Waals surface area contributed by atoms with Crippen LogP contribution in [0, 0.1) is 0 Å². The molecule has 2 atom stereocenters. The van der Waals surface area contributed by atoms with Crippen molar-refractivity contribution in [2.75, 3.05) is 35.0 Å². The van der Waals surface area contributed by atoms with Crippen molar-refractivity contribution in [3.8, 4) is 23.0 Å². The first kappa shape index (κ1) is 33.0. The van der Waals surface area contributed by atoms with E-state index >= 15 is 0 Å². The van der Waals surface area contributed by atoms with Crippen LogP contribution in [0.15, 0.2) is 36.4 Å². The molecule has 0 aliphatic carbocycles. The molecule has 0 bridgehead atoms. The maximum atomic E-state index is 13.9. The zero-order chi connectivity index (χ0) is 31.7. The summed E-state index contributed by atoms with van der Waals surface area (Å²) in [7, 11) is 6.12. The van der Waals surface area contributed by atoms with Crippen LogP contribution in [0.4, 0.5) is 4.79 Å². The Kier molecular flexibility index (Phi) is 11.2. The summed E-state index contributed by atoms with van der Waals surface area (Å²) in [5.74, 6) is 1.51. The highest BCUT2D eigenvalue weighted by atomic mass is 16.6. The van der Waals surface area contributed by atoms with E-state index in [0.29, 0.717) is 34.8 Å². The van der Waals surface area contributed by atoms with Crippen molar-refractivity contribution in [3.63, 3.8) is 0 Å². The molecule has 1 saturated heterocycles. The number of amides is 3. The molecule has 1 aliphatic rings. The van der Waals surface area contributed by atoms with Crippen LogP contribution in [-0.2, 0) is 32.2 Å². The van der Waals surface area contributed by atoms with Crippen molar-refractivity contribution in [3.05, 3.63) is 47.5 Å². The number of carbonyl (C=O) groups excluding carboxylic acids is 4. The van der Waals surface area contributed by atoms with Gasteiger partial charge >= 0.3 is 6.09 Å². The zero-order valence-electron chi connectivity index (χ0n) is 25.8. The summed E-state index contributed by atoms with van der Waals surface area (Å²) in [4.78, 5) is 55.0. The molecule has 1 N–H and O–H groups in total. The molecule has 12 heteroatoms. The van der Waals surface area contributed by atoms with Gasteiger partial charge in [0.1, 0.15) is 47.0 Å². The Morgan fingerprint density at radius 1 is 0.930 bits per heavy atom. The number of rotatable bonds is 12. The molecule has 12 nitrogen and oxygen atoms in total. The third kappa shape index (κ3) is 8.52. The maximum absolute atomic E-state index is 13.9. The lowest BCUT2D eigenvalue weighted by atomic mass is 10.00. The van der Waals surface area contributed by atoms with E-state index in [4.69, 9.17) is 23.7 Å². The highest BCUT2D eigenvalue weighted by Gasteiger charge is 2.45. The van der Waals surface area contributed by atoms with Crippen molar-refractivity contribution in [1.82, 2.24) is 15.1 Å². The SMILES string of the molecule is COc1ccc(CNC(=O)CC[C@H]2C(=O)N(Cc3ccc(OC)cc3OC)C[C@H](C=O)N2C(=O)OC(C)(C)C)c(OC)c1. The summed E-state index contributed by atoms with van der Waals surface area (Å²) >= 11 is 0. The third-order valence-electron chi connectivity index (χ3n) is 6.93. The molecule has 2 aromatic rings. The number of carbonyl (C=O) groups is 4. The summed E-state index contributed by atoms with van der Waals surface area (Å²) in [5, 5.41) is 2.83. The van der Waals surface area contributed by atoms with Gasteiger partial charge in [0.05, 0.1) is 28.4 Å². The maximum Gasteiger partial charge on any atom is 0.411 e. The first-order valence-corrected chi connectivity index (χ1v) is 13.9. The van der Waals surface area contributed by atoms with Gasteiger partial charge in [-0.3, -0.25) is 14.5 Å². The molecule has 1 fully saturated rings. The Balaban J connectivity index is 1.81. The lowest BCUT2D eigenvalue weighted by molar-refractivity contribution is -0.147. The fourth-order valence-electron chi connectivity index (χ4n) is 4.79. The molecule has 3 amide bonds. The second-order valence-electron chi connectivity index (χ2n) is 11.0. The minimum Gasteiger partial charge on any atom is -0.497 e. The predicted octanol–water partition coefficient (Wildman–Crippen LogP) is 3.33. The normalized spacial score (nSPS) is 16.8. The van der Waals surface area contributed by atoms with E-state index < -0.39 is 29.7 Å². The van der Waals surface area contributed by atoms with E-state index in [1.54, 1.807) is 64.3 Å². The van der Waals surface area contributed by atoms with Crippen LogP contribution >= 0.6 is 0 Å². The molecular weight excluding hydrogens is 558 g/mol. The number of piperazine rings is 1. The standard InChI is InChI=1S/C31H41N3O9/c1-31(2,3)43-30(38)34-22(19-35)18-33(17-21-9-11-24(40-5)15-27(21)42-7)29(37)25(34)12-13-28(36)32-16-20-8-10-23(39-4)14-26(20)41-6/h8-11,14-15,19,22,25H,12-13,16-18H2,1-7H3,(H,32,36)/t22-,25+/m1/s1. The second kappa shape index (κ2) is 14.6. The Morgan fingerprint density at radius 2 is 1.51 bits per heavy atom. The van der Waals surface area contributed by atoms with Crippen molar-refractivity contribution in [2.24, 2.45) is 0 Å². The topological polar surface area (TPSA) is 133 Å². The van der Waals surface area contributed by atoms with Gasteiger partial charge in [0.15, 0.2) is 0 Å². The minimum absolute atomic E-state index is 0.0236. The van der Waals surface area contributed by atoms with Crippen LogP contribution < -0.4 is 24.3 Å². The number of methoxy groups -OCH3 is 4. The third-order valence-corrected chi connectivity index (χ3v) is 6.93. The highest BCUT2D eigenvalue weighted by Crippen LogP contribution is 2.30. The van der Waals surface area contributed by atoms with E-state index in [-0.39, 0.29) is 38.4 Å².